The van der Waals surface area contributed by atoms with Gasteiger partial charge in [0.25, 0.3) is 0 Å². The second-order valence-corrected chi connectivity index (χ2v) is 25.1. The third-order valence-corrected chi connectivity index (χ3v) is 18.8. The molecule has 7 heterocycles. The molecule has 75 heavy (non-hydrogen) atoms. The zero-order valence-corrected chi connectivity index (χ0v) is 45.6. The van der Waals surface area contributed by atoms with Crippen LogP contribution in [0.15, 0.2) is 85.3 Å². The van der Waals surface area contributed by atoms with Gasteiger partial charge in [0.2, 0.25) is 12.0 Å². The molecule has 2 fully saturated rings. The molecular weight excluding hydrogens is 1040 g/mol. The predicted octanol–water partition coefficient (Wildman–Crippen LogP) is 10.8. The Bertz CT molecular complexity index is 3230. The van der Waals surface area contributed by atoms with Gasteiger partial charge < -0.3 is 33.5 Å². The fourth-order valence-corrected chi connectivity index (χ4v) is 13.3. The Hall–Kier alpha value is -5.71. The molecule has 4 aliphatic heterocycles. The molecule has 0 amide bonds. The molecule has 3 aromatic heterocycles. The monoisotopic (exact) mass is 1090 g/mol. The van der Waals surface area contributed by atoms with Gasteiger partial charge in [-0.05, 0) is 122 Å². The number of carbonyl (C=O) groups is 1. The Morgan fingerprint density at radius 1 is 0.867 bits per heavy atom. The Labute approximate surface area is 450 Å². The standard InChI is InChI=1S/C56H59Cl2FN7O7PS/c1-34-46-35(2)50(58)51(49(34)57)72-43(31-66-21-19-64(3)20-22-66)13-5-36-6-16-44(71-32-41-17-18-60-53(63-41)38-9-14-42(15-10-38)70-26-23-65-24-27-74(4,69)28-25-65)39(29-36)30-45(56(67)68)73-54-48-47(46)52(75-55(48)62-33-61-54)37-7-11-40(59)12-8-37/h6-12,14-18,29,33,43,45H,5,13,19-28,30-32H2,1-4H3,(H,67,68)/t43-,45+/m0/s1. The minimum Gasteiger partial charge on any atom is -0.492 e. The average molecular weight is 1100 g/mol. The van der Waals surface area contributed by atoms with Gasteiger partial charge in [-0.15, -0.1) is 11.3 Å². The van der Waals surface area contributed by atoms with Crippen molar-refractivity contribution in [1.82, 2.24) is 34.6 Å². The molecule has 4 aliphatic rings. The predicted molar refractivity (Wildman–Crippen MR) is 294 cm³/mol. The molecule has 0 aliphatic carbocycles. The lowest BCUT2D eigenvalue weighted by Crippen LogP contribution is -2.48. The van der Waals surface area contributed by atoms with Crippen molar-refractivity contribution >= 4 is 57.9 Å². The molecule has 7 aromatic rings. The van der Waals surface area contributed by atoms with Crippen LogP contribution in [0.5, 0.6) is 23.1 Å². The minimum absolute atomic E-state index is 0.0501. The van der Waals surface area contributed by atoms with Crippen LogP contribution in [0.25, 0.3) is 43.2 Å². The number of hydrogen-bond donors (Lipinski definition) is 1. The van der Waals surface area contributed by atoms with E-state index in [4.69, 9.17) is 47.1 Å². The maximum Gasteiger partial charge on any atom is 0.345 e. The first-order chi connectivity index (χ1) is 36.2. The van der Waals surface area contributed by atoms with Crippen LogP contribution in [0, 0.1) is 19.7 Å². The molecule has 14 nitrogen and oxygen atoms in total. The number of carboxylic acids is 1. The van der Waals surface area contributed by atoms with Gasteiger partial charge in [0.05, 0.1) is 28.3 Å². The highest BCUT2D eigenvalue weighted by Crippen LogP contribution is 2.53. The summed E-state index contributed by atoms with van der Waals surface area (Å²) in [5.74, 6) is 0.564. The van der Waals surface area contributed by atoms with Crippen molar-refractivity contribution in [2.75, 3.05) is 85.0 Å². The van der Waals surface area contributed by atoms with Crippen molar-refractivity contribution < 1.29 is 37.8 Å². The SMILES string of the molecule is Cc1c(Cl)c2c(Cl)c(C)c1-c1c(-c3ccc(F)cc3)sc3ncnc(c13)O[C@@H](C(=O)O)Cc1cc(ccc1OCc1ccnc(-c3ccc(OCCN4CCP(C)(=O)CC4)cc3)n1)CC[C@@H](CN1CCN(C)CC1)O2. The number of thiophene rings is 1. The first-order valence-electron chi connectivity index (χ1n) is 25.2. The summed E-state index contributed by atoms with van der Waals surface area (Å²) in [5.41, 5.74) is 6.38. The van der Waals surface area contributed by atoms with Crippen LogP contribution in [0.4, 0.5) is 4.39 Å². The Kier molecular flexibility index (Phi) is 16.1. The lowest BCUT2D eigenvalue weighted by Gasteiger charge is -2.35. The van der Waals surface area contributed by atoms with Crippen molar-refractivity contribution in [3.05, 3.63) is 129 Å². The molecule has 0 spiro atoms. The second kappa shape index (κ2) is 22.9. The number of aliphatic carboxylic acids is 1. The van der Waals surface area contributed by atoms with Gasteiger partial charge in [-0.25, -0.2) is 29.1 Å². The lowest BCUT2D eigenvalue weighted by molar-refractivity contribution is -0.145. The first kappa shape index (κ1) is 52.7. The lowest BCUT2D eigenvalue weighted by atomic mass is 9.92. The molecule has 11 rings (SSSR count). The second-order valence-electron chi connectivity index (χ2n) is 19.8. The summed E-state index contributed by atoms with van der Waals surface area (Å²) >= 11 is 16.1. The highest BCUT2D eigenvalue weighted by molar-refractivity contribution is 7.63. The molecule has 4 aromatic carbocycles. The van der Waals surface area contributed by atoms with Crippen molar-refractivity contribution in [3.8, 4) is 56.1 Å². The van der Waals surface area contributed by atoms with E-state index in [0.29, 0.717) is 103 Å². The molecule has 4 bridgehead atoms. The third-order valence-electron chi connectivity index (χ3n) is 14.4. The number of ether oxygens (including phenoxy) is 4. The molecule has 1 N–H and O–H groups in total. The largest absolute Gasteiger partial charge is 0.492 e. The Balaban J connectivity index is 0.972. The maximum absolute atomic E-state index is 14.4. The normalized spacial score (nSPS) is 18.5. The van der Waals surface area contributed by atoms with E-state index in [1.165, 1.54) is 29.8 Å². The van der Waals surface area contributed by atoms with Gasteiger partial charge in [-0.3, -0.25) is 9.80 Å². The molecule has 19 heteroatoms. The number of fused-ring (bicyclic) bond motifs is 7. The van der Waals surface area contributed by atoms with Crippen LogP contribution in [0.3, 0.4) is 0 Å². The zero-order valence-electron chi connectivity index (χ0n) is 42.4. The Morgan fingerprint density at radius 2 is 1.59 bits per heavy atom. The summed E-state index contributed by atoms with van der Waals surface area (Å²) in [7, 11) is 0.143. The summed E-state index contributed by atoms with van der Waals surface area (Å²) in [6.07, 6.45) is 3.89. The van der Waals surface area contributed by atoms with Crippen LogP contribution in [0.2, 0.25) is 10.0 Å². The van der Waals surface area contributed by atoms with E-state index in [1.807, 2.05) is 63.0 Å². The summed E-state index contributed by atoms with van der Waals surface area (Å²) in [6.45, 7) is 13.0. The number of hydrogen-bond acceptors (Lipinski definition) is 14. The topological polar surface area (TPSA) is 153 Å². The van der Waals surface area contributed by atoms with Crippen molar-refractivity contribution in [2.45, 2.75) is 51.9 Å². The molecule has 0 unspecified atom stereocenters. The van der Waals surface area contributed by atoms with Gasteiger partial charge in [-0.1, -0.05) is 47.5 Å². The van der Waals surface area contributed by atoms with Gasteiger partial charge in [0.1, 0.15) is 47.8 Å². The first-order valence-corrected chi connectivity index (χ1v) is 29.3. The van der Waals surface area contributed by atoms with Crippen molar-refractivity contribution in [2.24, 2.45) is 0 Å². The molecule has 2 atom stereocenters. The Morgan fingerprint density at radius 3 is 2.31 bits per heavy atom. The van der Waals surface area contributed by atoms with Crippen LogP contribution < -0.4 is 18.9 Å². The van der Waals surface area contributed by atoms with Gasteiger partial charge in [0, 0.05) is 93.3 Å². The number of aryl methyl sites for hydroxylation is 1. The van der Waals surface area contributed by atoms with E-state index in [-0.39, 0.29) is 25.0 Å². The number of carboxylic acid groups (broad SMARTS) is 1. The van der Waals surface area contributed by atoms with Gasteiger partial charge in [0.15, 0.2) is 11.6 Å². The fourth-order valence-electron chi connectivity index (χ4n) is 9.97. The maximum atomic E-state index is 14.4. The fraction of sp³-hybridized carbons (Fsp3) is 0.375. The van der Waals surface area contributed by atoms with Crippen LogP contribution in [0.1, 0.15) is 34.4 Å². The molecule has 0 radical (unpaired) electrons. The zero-order chi connectivity index (χ0) is 52.4. The average Bonchev–Trinajstić information content (AvgIpc) is 3.81. The highest BCUT2D eigenvalue weighted by atomic mass is 35.5. The van der Waals surface area contributed by atoms with E-state index in [1.54, 1.807) is 24.4 Å². The molecule has 392 valence electrons. The highest BCUT2D eigenvalue weighted by Gasteiger charge is 2.32. The number of piperazine rings is 1. The number of aromatic nitrogens is 4. The number of halogens is 3. The van der Waals surface area contributed by atoms with Gasteiger partial charge in [-0.2, -0.15) is 0 Å². The summed E-state index contributed by atoms with van der Waals surface area (Å²) in [5, 5.41) is 12.1. The number of nitrogens with zero attached hydrogens (tertiary/aromatic N) is 7. The van der Waals surface area contributed by atoms with Crippen LogP contribution in [-0.2, 0) is 28.8 Å². The van der Waals surface area contributed by atoms with Crippen LogP contribution in [-0.4, -0.2) is 143 Å². The molecule has 0 saturated carbocycles. The summed E-state index contributed by atoms with van der Waals surface area (Å²) in [4.78, 5) is 40.4. The van der Waals surface area contributed by atoms with E-state index in [9.17, 15) is 18.9 Å². The van der Waals surface area contributed by atoms with Crippen molar-refractivity contribution in [1.29, 1.82) is 0 Å². The molecule has 2 saturated heterocycles. The number of rotatable bonds is 12. The quantitative estimate of drug-likeness (QED) is 0.116. The van der Waals surface area contributed by atoms with E-state index in [2.05, 4.69) is 36.7 Å². The number of likely N-dealkylation sites (N-methyl/N-ethyl adjacent to an activating group) is 1. The summed E-state index contributed by atoms with van der Waals surface area (Å²) in [6, 6.07) is 21.5. The third kappa shape index (κ3) is 12.1. The smallest absolute Gasteiger partial charge is 0.345 e. The molecular formula is C56H59Cl2FN7O7PS. The summed E-state index contributed by atoms with van der Waals surface area (Å²) < 4.78 is 53.0. The minimum atomic E-state index is -1.98. The van der Waals surface area contributed by atoms with E-state index in [0.717, 1.165) is 79.9 Å². The van der Waals surface area contributed by atoms with Crippen molar-refractivity contribution in [3.63, 3.8) is 0 Å². The van der Waals surface area contributed by atoms with E-state index >= 15 is 0 Å². The van der Waals surface area contributed by atoms with Gasteiger partial charge >= 0.3 is 5.97 Å². The number of benzene rings is 4. The van der Waals surface area contributed by atoms with Crippen LogP contribution >= 0.6 is 41.7 Å². The van der Waals surface area contributed by atoms with E-state index < -0.39 is 25.0 Å².